The van der Waals surface area contributed by atoms with E-state index >= 15 is 0 Å². The highest BCUT2D eigenvalue weighted by atomic mass is 16.5. The minimum Gasteiger partial charge on any atom is -0.494 e. The first-order chi connectivity index (χ1) is 21.4. The Hall–Kier alpha value is -4.78. The summed E-state index contributed by atoms with van der Waals surface area (Å²) in [5.41, 5.74) is 5.95. The van der Waals surface area contributed by atoms with Gasteiger partial charge in [-0.15, -0.1) is 0 Å². The largest absolute Gasteiger partial charge is 0.494 e. The number of aryl methyl sites for hydroxylation is 2. The lowest BCUT2D eigenvalue weighted by Crippen LogP contribution is -2.41. The van der Waals surface area contributed by atoms with E-state index in [4.69, 9.17) is 14.9 Å². The van der Waals surface area contributed by atoms with Crippen LogP contribution in [0.25, 0.3) is 10.8 Å². The SMILES string of the molecule is CCOc1ccc2ccccc2c1C(C1C(=O)N(c2ccc(C)cc2)N=C1CC)C1C(=O)N(c2ccc(C)cc2)N=C1CC. The molecule has 0 spiro atoms. The molecule has 4 aromatic carbocycles. The number of anilines is 2. The Bertz CT molecular complexity index is 1690. The predicted octanol–water partition coefficient (Wildman–Crippen LogP) is 7.80. The molecule has 2 amide bonds. The van der Waals surface area contributed by atoms with Gasteiger partial charge >= 0.3 is 0 Å². The third-order valence-corrected chi connectivity index (χ3v) is 8.69. The average molecular weight is 587 g/mol. The van der Waals surface area contributed by atoms with Crippen molar-refractivity contribution in [3.8, 4) is 5.75 Å². The first kappa shape index (κ1) is 29.3. The lowest BCUT2D eigenvalue weighted by atomic mass is 9.70. The number of benzene rings is 4. The van der Waals surface area contributed by atoms with Crippen LogP contribution in [-0.4, -0.2) is 29.8 Å². The Kier molecular flexibility index (Phi) is 8.04. The van der Waals surface area contributed by atoms with Gasteiger partial charge in [0, 0.05) is 11.5 Å². The topological polar surface area (TPSA) is 74.6 Å². The van der Waals surface area contributed by atoms with E-state index in [1.807, 2.05) is 107 Å². The highest BCUT2D eigenvalue weighted by Gasteiger charge is 2.52. The van der Waals surface area contributed by atoms with Gasteiger partial charge in [0.1, 0.15) is 5.75 Å². The monoisotopic (exact) mass is 586 g/mol. The standard InChI is InChI=1S/C37H38N4O3/c1-6-29-33(36(42)40(38-29)26-18-13-23(4)14-19-26)35(32-28-12-10-9-11-25(28)17-22-31(32)44-8-3)34-30(7-2)39-41(37(34)43)27-20-15-24(5)16-21-27/h9-22,33-35H,6-8H2,1-5H3. The van der Waals surface area contributed by atoms with E-state index in [0.717, 1.165) is 38.9 Å². The van der Waals surface area contributed by atoms with E-state index in [1.165, 1.54) is 10.0 Å². The number of hydrazone groups is 2. The van der Waals surface area contributed by atoms with Crippen LogP contribution in [0.2, 0.25) is 0 Å². The molecule has 4 aromatic rings. The molecule has 7 nitrogen and oxygen atoms in total. The number of nitrogens with zero attached hydrogens (tertiary/aromatic N) is 4. The Morgan fingerprint density at radius 1 is 0.682 bits per heavy atom. The average Bonchev–Trinajstić information content (AvgIpc) is 3.55. The fourth-order valence-corrected chi connectivity index (χ4v) is 6.50. The quantitative estimate of drug-likeness (QED) is 0.201. The Labute approximate surface area is 258 Å². The molecule has 2 heterocycles. The van der Waals surface area contributed by atoms with Gasteiger partial charge < -0.3 is 4.74 Å². The highest BCUT2D eigenvalue weighted by molar-refractivity contribution is 6.21. The smallest absolute Gasteiger partial charge is 0.256 e. The van der Waals surface area contributed by atoms with Crippen molar-refractivity contribution in [2.45, 2.75) is 53.4 Å². The first-order valence-corrected chi connectivity index (χ1v) is 15.5. The molecule has 0 radical (unpaired) electrons. The van der Waals surface area contributed by atoms with Gasteiger partial charge in [-0.05, 0) is 74.7 Å². The number of hydrogen-bond acceptors (Lipinski definition) is 5. The van der Waals surface area contributed by atoms with Crippen molar-refractivity contribution in [1.29, 1.82) is 0 Å². The van der Waals surface area contributed by atoms with E-state index in [2.05, 4.69) is 12.1 Å². The molecule has 44 heavy (non-hydrogen) atoms. The van der Waals surface area contributed by atoms with Crippen LogP contribution in [0, 0.1) is 25.7 Å². The number of amides is 2. The summed E-state index contributed by atoms with van der Waals surface area (Å²) in [5, 5.41) is 14.8. The highest BCUT2D eigenvalue weighted by Crippen LogP contribution is 2.48. The van der Waals surface area contributed by atoms with Gasteiger partial charge in [0.05, 0.1) is 41.2 Å². The second-order valence-electron chi connectivity index (χ2n) is 11.5. The van der Waals surface area contributed by atoms with Crippen molar-refractivity contribution in [3.63, 3.8) is 0 Å². The summed E-state index contributed by atoms with van der Waals surface area (Å²) in [4.78, 5) is 29.3. The van der Waals surface area contributed by atoms with E-state index in [0.29, 0.717) is 36.6 Å². The summed E-state index contributed by atoms with van der Waals surface area (Å²) < 4.78 is 6.27. The minimum atomic E-state index is -0.685. The molecule has 6 rings (SSSR count). The van der Waals surface area contributed by atoms with Gasteiger partial charge in [0.15, 0.2) is 0 Å². The number of carbonyl (C=O) groups is 2. The number of carbonyl (C=O) groups excluding carboxylic acids is 2. The van der Waals surface area contributed by atoms with Gasteiger partial charge in [-0.2, -0.15) is 10.2 Å². The minimum absolute atomic E-state index is 0.150. The van der Waals surface area contributed by atoms with Gasteiger partial charge in [-0.3, -0.25) is 9.59 Å². The molecule has 2 aliphatic heterocycles. The lowest BCUT2D eigenvalue weighted by molar-refractivity contribution is -0.122. The van der Waals surface area contributed by atoms with Crippen LogP contribution in [0.15, 0.2) is 95.1 Å². The number of rotatable bonds is 9. The molecule has 2 aliphatic rings. The maximum Gasteiger partial charge on any atom is 0.256 e. The normalized spacial score (nSPS) is 19.0. The maximum atomic E-state index is 14.6. The number of hydrogen-bond donors (Lipinski definition) is 0. The summed E-state index contributed by atoms with van der Waals surface area (Å²) in [6.45, 7) is 10.5. The molecule has 0 fully saturated rings. The molecular weight excluding hydrogens is 548 g/mol. The van der Waals surface area contributed by atoms with Crippen LogP contribution in [0.1, 0.15) is 56.2 Å². The maximum absolute atomic E-state index is 14.6. The predicted molar refractivity (Wildman–Crippen MR) is 178 cm³/mol. The fourth-order valence-electron chi connectivity index (χ4n) is 6.50. The van der Waals surface area contributed by atoms with Crippen LogP contribution in [0.5, 0.6) is 5.75 Å². The van der Waals surface area contributed by atoms with Gasteiger partial charge in [-0.25, -0.2) is 10.0 Å². The van der Waals surface area contributed by atoms with Gasteiger partial charge in [0.2, 0.25) is 0 Å². The summed E-state index contributed by atoms with van der Waals surface area (Å²) in [6, 6.07) is 27.7. The van der Waals surface area contributed by atoms with Crippen molar-refractivity contribution in [1.82, 2.24) is 0 Å². The summed E-state index contributed by atoms with van der Waals surface area (Å²) in [5.74, 6) is -1.59. The van der Waals surface area contributed by atoms with E-state index < -0.39 is 17.8 Å². The number of ether oxygens (including phenoxy) is 1. The van der Waals surface area contributed by atoms with Crippen LogP contribution in [-0.2, 0) is 9.59 Å². The van der Waals surface area contributed by atoms with Crippen molar-refractivity contribution in [2.24, 2.45) is 22.0 Å². The zero-order valence-electron chi connectivity index (χ0n) is 25.9. The number of fused-ring (bicyclic) bond motifs is 1. The summed E-state index contributed by atoms with van der Waals surface area (Å²) >= 11 is 0. The van der Waals surface area contributed by atoms with Crippen molar-refractivity contribution in [3.05, 3.63) is 102 Å². The molecule has 2 atom stereocenters. The summed E-state index contributed by atoms with van der Waals surface area (Å²) in [7, 11) is 0. The molecule has 7 heteroatoms. The molecule has 224 valence electrons. The third kappa shape index (κ3) is 5.06. The second kappa shape index (κ2) is 12.1. The van der Waals surface area contributed by atoms with Crippen LogP contribution < -0.4 is 14.8 Å². The zero-order chi connectivity index (χ0) is 31.0. The molecule has 0 bridgehead atoms. The first-order valence-electron chi connectivity index (χ1n) is 15.5. The molecule has 0 N–H and O–H groups in total. The molecule has 0 saturated heterocycles. The van der Waals surface area contributed by atoms with Crippen LogP contribution >= 0.6 is 0 Å². The Balaban J connectivity index is 1.57. The summed E-state index contributed by atoms with van der Waals surface area (Å²) in [6.07, 6.45) is 1.12. The Morgan fingerprint density at radius 2 is 1.18 bits per heavy atom. The van der Waals surface area contributed by atoms with E-state index in [1.54, 1.807) is 0 Å². The second-order valence-corrected chi connectivity index (χ2v) is 11.5. The van der Waals surface area contributed by atoms with Gasteiger partial charge in [-0.1, -0.05) is 79.6 Å². The molecular formula is C37H38N4O3. The van der Waals surface area contributed by atoms with E-state index in [9.17, 15) is 9.59 Å². The zero-order valence-corrected chi connectivity index (χ0v) is 25.9. The molecule has 0 saturated carbocycles. The molecule has 2 unspecified atom stereocenters. The van der Waals surface area contributed by atoms with Gasteiger partial charge in [0.25, 0.3) is 11.8 Å². The third-order valence-electron chi connectivity index (χ3n) is 8.69. The fraction of sp³-hybridized carbons (Fsp3) is 0.297. The molecule has 0 aliphatic carbocycles. The van der Waals surface area contributed by atoms with Crippen LogP contribution in [0.4, 0.5) is 11.4 Å². The van der Waals surface area contributed by atoms with E-state index in [-0.39, 0.29) is 11.8 Å². The molecule has 0 aromatic heterocycles. The van der Waals surface area contributed by atoms with Crippen molar-refractivity contribution < 1.29 is 14.3 Å². The lowest BCUT2D eigenvalue weighted by Gasteiger charge is -2.31. The van der Waals surface area contributed by atoms with Crippen molar-refractivity contribution >= 4 is 45.4 Å². The van der Waals surface area contributed by atoms with Crippen LogP contribution in [0.3, 0.4) is 0 Å². The van der Waals surface area contributed by atoms with Crippen molar-refractivity contribution in [2.75, 3.05) is 16.6 Å². The Morgan fingerprint density at radius 3 is 1.66 bits per heavy atom.